The largest absolute Gasteiger partial charge is 0.444 e. The van der Waals surface area contributed by atoms with Crippen molar-refractivity contribution < 1.29 is 12.8 Å². The lowest BCUT2D eigenvalue weighted by molar-refractivity contribution is 0.412. The van der Waals surface area contributed by atoms with Crippen molar-refractivity contribution in [1.82, 2.24) is 34.7 Å². The highest BCUT2D eigenvalue weighted by Gasteiger charge is 2.33. The molecule has 0 saturated heterocycles. The minimum absolute atomic E-state index is 0.266. The van der Waals surface area contributed by atoms with E-state index in [2.05, 4.69) is 30.1 Å². The maximum atomic E-state index is 13.5. The first-order valence-corrected chi connectivity index (χ1v) is 13.1. The Bertz CT molecular complexity index is 1430. The van der Waals surface area contributed by atoms with Crippen LogP contribution >= 0.6 is 11.6 Å². The number of hydrogen-bond acceptors (Lipinski definition) is 9. The molecule has 4 rings (SSSR count). The molecule has 4 aromatic heterocycles. The maximum Gasteiger partial charge on any atom is 0.217 e. The van der Waals surface area contributed by atoms with Crippen LogP contribution in [0.1, 0.15) is 61.7 Å². The smallest absolute Gasteiger partial charge is 0.217 e. The Hall–Kier alpha value is -3.18. The van der Waals surface area contributed by atoms with Gasteiger partial charge in [0.25, 0.3) is 0 Å². The number of sulfone groups is 1. The van der Waals surface area contributed by atoms with E-state index in [-0.39, 0.29) is 11.6 Å². The average molecular weight is 516 g/mol. The molecule has 12 heteroatoms. The molecule has 35 heavy (non-hydrogen) atoms. The van der Waals surface area contributed by atoms with Gasteiger partial charge in [-0.1, -0.05) is 24.6 Å². The fourth-order valence-electron chi connectivity index (χ4n) is 3.74. The summed E-state index contributed by atoms with van der Waals surface area (Å²) in [6.45, 7) is 8.95. The van der Waals surface area contributed by atoms with Crippen LogP contribution in [0.15, 0.2) is 41.2 Å². The van der Waals surface area contributed by atoms with Gasteiger partial charge in [-0.15, -0.1) is 10.2 Å². The van der Waals surface area contributed by atoms with Crippen LogP contribution in [0.2, 0.25) is 5.02 Å². The molecule has 3 atom stereocenters. The third-order valence-electron chi connectivity index (χ3n) is 5.92. The number of oxazole rings is 1. The molecule has 0 unspecified atom stereocenters. The van der Waals surface area contributed by atoms with Gasteiger partial charge in [0, 0.05) is 24.0 Å². The van der Waals surface area contributed by atoms with E-state index in [1.807, 2.05) is 32.0 Å². The molecule has 0 N–H and O–H groups in total. The predicted molar refractivity (Wildman–Crippen MR) is 131 cm³/mol. The minimum atomic E-state index is -3.69. The van der Waals surface area contributed by atoms with Crippen LogP contribution < -0.4 is 0 Å². The third-order valence-corrected chi connectivity index (χ3v) is 8.31. The van der Waals surface area contributed by atoms with Crippen LogP contribution in [0, 0.1) is 13.8 Å². The van der Waals surface area contributed by atoms with Crippen LogP contribution in [-0.2, 0) is 15.6 Å². The Balaban J connectivity index is 1.72. The first kappa shape index (κ1) is 24.9. The Kier molecular flexibility index (Phi) is 7.00. The Morgan fingerprint density at radius 1 is 1.03 bits per heavy atom. The predicted octanol–water partition coefficient (Wildman–Crippen LogP) is 4.10. The second-order valence-corrected chi connectivity index (χ2v) is 11.3. The summed E-state index contributed by atoms with van der Waals surface area (Å²) in [6, 6.07) is 5.08. The van der Waals surface area contributed by atoms with Crippen LogP contribution in [0.3, 0.4) is 0 Å². The molecule has 0 radical (unpaired) electrons. The molecule has 0 saturated carbocycles. The van der Waals surface area contributed by atoms with Crippen molar-refractivity contribution >= 4 is 21.4 Å². The van der Waals surface area contributed by atoms with Gasteiger partial charge in [-0.3, -0.25) is 4.57 Å². The van der Waals surface area contributed by atoms with Crippen molar-refractivity contribution in [2.75, 3.05) is 0 Å². The van der Waals surface area contributed by atoms with Gasteiger partial charge < -0.3 is 4.42 Å². The van der Waals surface area contributed by atoms with E-state index in [1.54, 1.807) is 31.5 Å². The monoisotopic (exact) mass is 515 g/mol. The first-order chi connectivity index (χ1) is 16.6. The Morgan fingerprint density at radius 2 is 1.74 bits per heavy atom. The van der Waals surface area contributed by atoms with E-state index >= 15 is 0 Å². The molecule has 0 aliphatic carbocycles. The number of pyridine rings is 1. The van der Waals surface area contributed by atoms with Gasteiger partial charge >= 0.3 is 0 Å². The van der Waals surface area contributed by atoms with Crippen LogP contribution in [-0.4, -0.2) is 48.4 Å². The average Bonchev–Trinajstić information content (AvgIpc) is 3.44. The molecular weight excluding hydrogens is 490 g/mol. The summed E-state index contributed by atoms with van der Waals surface area (Å²) in [5.41, 5.74) is 1.38. The van der Waals surface area contributed by atoms with Crippen molar-refractivity contribution in [3.05, 3.63) is 70.8 Å². The van der Waals surface area contributed by atoms with Crippen molar-refractivity contribution in [3.8, 4) is 11.5 Å². The van der Waals surface area contributed by atoms with Gasteiger partial charge in [0.2, 0.25) is 5.89 Å². The van der Waals surface area contributed by atoms with Crippen molar-refractivity contribution in [1.29, 1.82) is 0 Å². The van der Waals surface area contributed by atoms with Crippen molar-refractivity contribution in [2.24, 2.45) is 0 Å². The van der Waals surface area contributed by atoms with Crippen molar-refractivity contribution in [3.63, 3.8) is 0 Å². The molecule has 10 nitrogen and oxygen atoms in total. The minimum Gasteiger partial charge on any atom is -0.444 e. The summed E-state index contributed by atoms with van der Waals surface area (Å²) in [5, 5.41) is 8.18. The van der Waals surface area contributed by atoms with E-state index in [9.17, 15) is 8.42 Å². The first-order valence-electron chi connectivity index (χ1n) is 11.1. The van der Waals surface area contributed by atoms with Gasteiger partial charge in [0.05, 0.1) is 16.5 Å². The summed E-state index contributed by atoms with van der Waals surface area (Å²) in [5.74, 6) is 1.38. The van der Waals surface area contributed by atoms with Crippen LogP contribution in [0.4, 0.5) is 0 Å². The number of nitrogens with zero attached hydrogens (tertiary/aromatic N) is 7. The summed E-state index contributed by atoms with van der Waals surface area (Å²) in [7, 11) is -3.69. The fraction of sp³-hybridized carbons (Fsp3) is 0.391. The summed E-state index contributed by atoms with van der Waals surface area (Å²) in [6.07, 6.45) is 4.53. The Morgan fingerprint density at radius 3 is 2.37 bits per heavy atom. The summed E-state index contributed by atoms with van der Waals surface area (Å²) >= 11 is 5.88. The van der Waals surface area contributed by atoms with Crippen LogP contribution in [0.5, 0.6) is 0 Å². The topological polar surface area (TPSA) is 130 Å². The van der Waals surface area contributed by atoms with Crippen molar-refractivity contribution in [2.45, 2.75) is 57.6 Å². The lowest BCUT2D eigenvalue weighted by Gasteiger charge is -2.20. The second-order valence-electron chi connectivity index (χ2n) is 8.52. The fourth-order valence-corrected chi connectivity index (χ4v) is 5.40. The van der Waals surface area contributed by atoms with E-state index in [4.69, 9.17) is 16.0 Å². The van der Waals surface area contributed by atoms with E-state index in [1.165, 1.54) is 12.4 Å². The van der Waals surface area contributed by atoms with E-state index in [0.717, 1.165) is 5.69 Å². The normalized spacial score (nSPS) is 14.6. The maximum absolute atomic E-state index is 13.5. The molecule has 0 amide bonds. The van der Waals surface area contributed by atoms with Gasteiger partial charge in [0.15, 0.2) is 15.7 Å². The Labute approximate surface area is 208 Å². The zero-order valence-corrected chi connectivity index (χ0v) is 21.6. The SMILES string of the molecule is Cc1cccc(-c2nnc(CS(=O)(=O)[C@@H](C)[C@H](C)c3ncc(Cl)cn3)n2[C@H](C)c2ncc(C)o2)n1. The third kappa shape index (κ3) is 5.25. The van der Waals surface area contributed by atoms with Crippen LogP contribution in [0.25, 0.3) is 11.5 Å². The molecule has 184 valence electrons. The van der Waals surface area contributed by atoms with E-state index in [0.29, 0.717) is 34.0 Å². The second kappa shape index (κ2) is 9.82. The molecule has 0 bridgehead atoms. The molecular formula is C23H26ClN7O3S. The molecule has 0 aliphatic heterocycles. The van der Waals surface area contributed by atoms with Gasteiger partial charge in [-0.25, -0.2) is 28.4 Å². The lowest BCUT2D eigenvalue weighted by atomic mass is 10.1. The van der Waals surface area contributed by atoms with Gasteiger partial charge in [-0.05, 0) is 39.8 Å². The number of hydrogen-bond donors (Lipinski definition) is 0. The molecule has 4 aromatic rings. The highest BCUT2D eigenvalue weighted by Crippen LogP contribution is 2.29. The summed E-state index contributed by atoms with van der Waals surface area (Å²) in [4.78, 5) is 17.3. The molecule has 0 fully saturated rings. The highest BCUT2D eigenvalue weighted by atomic mass is 35.5. The quantitative estimate of drug-likeness (QED) is 0.340. The molecule has 0 aliphatic rings. The number of aryl methyl sites for hydroxylation is 2. The number of aromatic nitrogens is 7. The standard InChI is InChI=1S/C23H26ClN7O3S/c1-13-7-6-8-19(28-13)22-30-29-20(31(22)16(4)23-27-9-14(2)34-23)12-35(32,33)17(5)15(3)21-25-10-18(24)11-26-21/h6-11,15-17H,12H2,1-5H3/t15-,16+,17-/m0/s1. The van der Waals surface area contributed by atoms with Gasteiger partial charge in [-0.2, -0.15) is 0 Å². The molecule has 4 heterocycles. The molecule has 0 aromatic carbocycles. The van der Waals surface area contributed by atoms with Gasteiger partial charge in [0.1, 0.15) is 34.9 Å². The number of rotatable bonds is 8. The van der Waals surface area contributed by atoms with E-state index < -0.39 is 27.0 Å². The summed E-state index contributed by atoms with van der Waals surface area (Å²) < 4.78 is 34.4. The zero-order valence-electron chi connectivity index (χ0n) is 20.0. The molecule has 0 spiro atoms. The zero-order chi connectivity index (χ0) is 25.3. The highest BCUT2D eigenvalue weighted by molar-refractivity contribution is 7.91. The lowest BCUT2D eigenvalue weighted by Crippen LogP contribution is -2.28. The number of halogens is 1.